The number of aryl methyl sites for hydroxylation is 1. The zero-order chi connectivity index (χ0) is 25.1. The van der Waals surface area contributed by atoms with Crippen LogP contribution in [0.3, 0.4) is 0 Å². The number of amides is 1. The van der Waals surface area contributed by atoms with E-state index in [0.29, 0.717) is 16.3 Å². The van der Waals surface area contributed by atoms with E-state index in [2.05, 4.69) is 4.98 Å². The van der Waals surface area contributed by atoms with Gasteiger partial charge in [-0.3, -0.25) is 14.5 Å². The number of aliphatic hydroxyl groups is 1. The predicted molar refractivity (Wildman–Crippen MR) is 135 cm³/mol. The molecule has 1 aliphatic heterocycles. The van der Waals surface area contributed by atoms with Crippen molar-refractivity contribution < 1.29 is 24.2 Å². The minimum Gasteiger partial charge on any atom is -0.503 e. The molecule has 178 valence electrons. The number of hydrogen-bond donors (Lipinski definition) is 1. The summed E-state index contributed by atoms with van der Waals surface area (Å²) in [6.45, 7) is 3.51. The molecule has 0 bridgehead atoms. The summed E-state index contributed by atoms with van der Waals surface area (Å²) in [5.74, 6) is -2.53. The lowest BCUT2D eigenvalue weighted by Gasteiger charge is -2.24. The van der Waals surface area contributed by atoms with Crippen LogP contribution in [0.25, 0.3) is 6.08 Å². The third-order valence-corrected chi connectivity index (χ3v) is 6.73. The zero-order valence-electron chi connectivity index (χ0n) is 18.9. The fourth-order valence-electron chi connectivity index (χ4n) is 3.71. The van der Waals surface area contributed by atoms with E-state index in [1.54, 1.807) is 44.2 Å². The van der Waals surface area contributed by atoms with Crippen LogP contribution in [0.15, 0.2) is 72.0 Å². The van der Waals surface area contributed by atoms with Crippen molar-refractivity contribution in [2.45, 2.75) is 19.9 Å². The summed E-state index contributed by atoms with van der Waals surface area (Å²) in [7, 11) is 0. The number of esters is 1. The summed E-state index contributed by atoms with van der Waals surface area (Å²) in [6, 6.07) is 14.8. The summed E-state index contributed by atoms with van der Waals surface area (Å²) in [6.07, 6.45) is 2.93. The van der Waals surface area contributed by atoms with Crippen LogP contribution in [0.1, 0.15) is 39.5 Å². The lowest BCUT2D eigenvalue weighted by atomic mass is 9.96. The number of hydrogen-bond acceptors (Lipinski definition) is 7. The molecule has 1 unspecified atom stereocenters. The number of benzene rings is 2. The lowest BCUT2D eigenvalue weighted by Crippen LogP contribution is -2.30. The van der Waals surface area contributed by atoms with Crippen LogP contribution in [-0.4, -0.2) is 34.4 Å². The third-order valence-electron chi connectivity index (χ3n) is 5.34. The Kier molecular flexibility index (Phi) is 7.14. The molecule has 2 heterocycles. The average molecular weight is 509 g/mol. The Morgan fingerprint density at radius 1 is 1.17 bits per heavy atom. The highest BCUT2D eigenvalue weighted by molar-refractivity contribution is 7.17. The van der Waals surface area contributed by atoms with Crippen LogP contribution in [0.4, 0.5) is 5.13 Å². The summed E-state index contributed by atoms with van der Waals surface area (Å²) >= 11 is 7.01. The highest BCUT2D eigenvalue weighted by Crippen LogP contribution is 2.43. The van der Waals surface area contributed by atoms with Crippen LogP contribution >= 0.6 is 22.9 Å². The summed E-state index contributed by atoms with van der Waals surface area (Å²) in [5, 5.41) is 11.4. The van der Waals surface area contributed by atoms with Gasteiger partial charge in [0.05, 0.1) is 23.9 Å². The van der Waals surface area contributed by atoms with Gasteiger partial charge >= 0.3 is 5.97 Å². The van der Waals surface area contributed by atoms with Gasteiger partial charge in [0.15, 0.2) is 16.7 Å². The number of rotatable bonds is 7. The number of carbonyl (C=O) groups excluding carboxylic acids is 3. The predicted octanol–water partition coefficient (Wildman–Crippen LogP) is 5.46. The fourth-order valence-corrected chi connectivity index (χ4v) is 4.83. The number of nitrogens with zero attached hydrogens (tertiary/aromatic N) is 2. The molecule has 2 aromatic carbocycles. The Hall–Kier alpha value is -3.75. The Morgan fingerprint density at radius 2 is 1.86 bits per heavy atom. The van der Waals surface area contributed by atoms with E-state index < -0.39 is 29.5 Å². The van der Waals surface area contributed by atoms with Crippen molar-refractivity contribution in [1.82, 2.24) is 4.98 Å². The maximum atomic E-state index is 13.3. The molecule has 0 saturated carbocycles. The van der Waals surface area contributed by atoms with Crippen molar-refractivity contribution in [2.24, 2.45) is 0 Å². The molecule has 0 spiro atoms. The van der Waals surface area contributed by atoms with E-state index in [0.717, 1.165) is 16.9 Å². The average Bonchev–Trinajstić information content (AvgIpc) is 3.36. The number of thiazole rings is 1. The van der Waals surface area contributed by atoms with E-state index in [9.17, 15) is 19.5 Å². The van der Waals surface area contributed by atoms with Crippen molar-refractivity contribution in [1.29, 1.82) is 0 Å². The molecule has 3 aromatic rings. The molecule has 1 N–H and O–H groups in total. The first-order chi connectivity index (χ1) is 16.8. The van der Waals surface area contributed by atoms with Gasteiger partial charge in [0.1, 0.15) is 4.88 Å². The molecule has 7 nitrogen and oxygen atoms in total. The molecule has 0 radical (unpaired) electrons. The molecular formula is C26H21ClN2O5S. The number of halogens is 1. The first-order valence-corrected chi connectivity index (χ1v) is 12.0. The van der Waals surface area contributed by atoms with Gasteiger partial charge in [0.25, 0.3) is 5.91 Å². The van der Waals surface area contributed by atoms with Gasteiger partial charge in [-0.15, -0.1) is 0 Å². The Balaban J connectivity index is 1.78. The minimum absolute atomic E-state index is 0.0879. The van der Waals surface area contributed by atoms with Gasteiger partial charge in [0, 0.05) is 5.02 Å². The molecule has 4 rings (SSSR count). The Morgan fingerprint density at radius 3 is 2.51 bits per heavy atom. The van der Waals surface area contributed by atoms with Crippen molar-refractivity contribution in [2.75, 3.05) is 11.5 Å². The van der Waals surface area contributed by atoms with Crippen LogP contribution in [0, 0.1) is 6.92 Å². The molecule has 0 saturated heterocycles. The molecule has 35 heavy (non-hydrogen) atoms. The number of allylic oxidation sites excluding steroid dienone is 1. The topological polar surface area (TPSA) is 96.8 Å². The first kappa shape index (κ1) is 24.4. The molecule has 1 aromatic heterocycles. The zero-order valence-corrected chi connectivity index (χ0v) is 20.5. The van der Waals surface area contributed by atoms with Gasteiger partial charge < -0.3 is 9.84 Å². The van der Waals surface area contributed by atoms with Gasteiger partial charge in [-0.1, -0.05) is 71.5 Å². The largest absolute Gasteiger partial charge is 0.503 e. The number of ketones is 1. The highest BCUT2D eigenvalue weighted by Gasteiger charge is 2.45. The lowest BCUT2D eigenvalue weighted by molar-refractivity contribution is -0.117. The van der Waals surface area contributed by atoms with Gasteiger partial charge in [-0.05, 0) is 43.2 Å². The SMILES string of the molecule is CCOC(=O)c1sc(N2C(=O)C(O)=C(C(=O)/C=C/c3ccccc3)C2c2ccc(Cl)cc2)nc1C. The van der Waals surface area contributed by atoms with E-state index in [1.165, 1.54) is 11.0 Å². The van der Waals surface area contributed by atoms with Crippen molar-refractivity contribution in [3.63, 3.8) is 0 Å². The Bertz CT molecular complexity index is 1350. The number of ether oxygens (including phenoxy) is 1. The number of carbonyl (C=O) groups is 3. The molecule has 0 aliphatic carbocycles. The Labute approximate surface area is 210 Å². The third kappa shape index (κ3) is 4.89. The van der Waals surface area contributed by atoms with Crippen molar-refractivity contribution in [3.05, 3.63) is 98.7 Å². The van der Waals surface area contributed by atoms with E-state index in [1.807, 2.05) is 30.3 Å². The van der Waals surface area contributed by atoms with Crippen molar-refractivity contribution >= 4 is 51.8 Å². The van der Waals surface area contributed by atoms with Crippen molar-refractivity contribution in [3.8, 4) is 0 Å². The second kappa shape index (κ2) is 10.2. The number of aliphatic hydroxyl groups excluding tert-OH is 1. The quantitative estimate of drug-likeness (QED) is 0.336. The maximum absolute atomic E-state index is 13.3. The number of aromatic nitrogens is 1. The van der Waals surface area contributed by atoms with Crippen LogP contribution in [0.5, 0.6) is 0 Å². The number of anilines is 1. The molecular weight excluding hydrogens is 488 g/mol. The fraction of sp³-hybridized carbons (Fsp3) is 0.154. The van der Waals surface area contributed by atoms with Gasteiger partial charge in [-0.2, -0.15) is 0 Å². The van der Waals surface area contributed by atoms with Gasteiger partial charge in [0.2, 0.25) is 0 Å². The van der Waals surface area contributed by atoms with Crippen LogP contribution < -0.4 is 4.90 Å². The van der Waals surface area contributed by atoms with E-state index in [4.69, 9.17) is 16.3 Å². The second-order valence-electron chi connectivity index (χ2n) is 7.63. The summed E-state index contributed by atoms with van der Waals surface area (Å²) in [5.41, 5.74) is 1.64. The maximum Gasteiger partial charge on any atom is 0.350 e. The molecule has 1 atom stereocenters. The standard InChI is InChI=1S/C26H21ClN2O5S/c1-3-34-25(33)23-15(2)28-26(35-23)29-21(17-10-12-18(27)13-11-17)20(22(31)24(29)32)19(30)14-9-16-7-5-4-6-8-16/h4-14,21,31H,3H2,1-2H3/b14-9+. The second-order valence-corrected chi connectivity index (χ2v) is 9.05. The monoisotopic (exact) mass is 508 g/mol. The highest BCUT2D eigenvalue weighted by atomic mass is 35.5. The summed E-state index contributed by atoms with van der Waals surface area (Å²) in [4.78, 5) is 44.7. The molecule has 1 amide bonds. The normalized spacial score (nSPS) is 15.8. The van der Waals surface area contributed by atoms with Crippen LogP contribution in [0.2, 0.25) is 5.02 Å². The van der Waals surface area contributed by atoms with E-state index >= 15 is 0 Å². The minimum atomic E-state index is -0.965. The van der Waals surface area contributed by atoms with E-state index in [-0.39, 0.29) is 22.2 Å². The molecule has 9 heteroatoms. The van der Waals surface area contributed by atoms with Gasteiger partial charge in [-0.25, -0.2) is 9.78 Å². The smallest absolute Gasteiger partial charge is 0.350 e. The summed E-state index contributed by atoms with van der Waals surface area (Å²) < 4.78 is 5.08. The molecule has 1 aliphatic rings. The first-order valence-electron chi connectivity index (χ1n) is 10.8. The molecule has 0 fully saturated rings. The van der Waals surface area contributed by atoms with Crippen LogP contribution in [-0.2, 0) is 14.3 Å².